The number of carboxylic acid groups (broad SMARTS) is 2. The Balaban J connectivity index is 1.92. The molecule has 3 rings (SSSR count). The minimum absolute atomic E-state index is 0.0231. The quantitative estimate of drug-likeness (QED) is 0.0927. The van der Waals surface area contributed by atoms with Gasteiger partial charge < -0.3 is 35.8 Å². The predicted molar refractivity (Wildman–Crippen MR) is 220 cm³/mol. The first-order valence-electron chi connectivity index (χ1n) is 19.7. The molecule has 0 radical (unpaired) electrons. The third kappa shape index (κ3) is 12.0. The molecule has 0 aliphatic heterocycles. The molecular weight excluding hydrogens is 765 g/mol. The first kappa shape index (κ1) is 48.4. The molecule has 2 aromatic carbocycles. The number of nitrogens with two attached hydrogens (primary N) is 1. The van der Waals surface area contributed by atoms with Gasteiger partial charge in [0.2, 0.25) is 11.8 Å². The van der Waals surface area contributed by atoms with Crippen molar-refractivity contribution in [2.24, 2.45) is 11.1 Å². The van der Waals surface area contributed by atoms with Gasteiger partial charge in [-0.15, -0.1) is 0 Å². The van der Waals surface area contributed by atoms with Gasteiger partial charge in [0.25, 0.3) is 0 Å². The molecule has 0 aliphatic rings. The summed E-state index contributed by atoms with van der Waals surface area (Å²) in [6.07, 6.45) is 0.0549. The van der Waals surface area contributed by atoms with E-state index < -0.39 is 101 Å². The molecule has 1 aromatic heterocycles. The van der Waals surface area contributed by atoms with Crippen LogP contribution < -0.4 is 11.1 Å². The third-order valence-electron chi connectivity index (χ3n) is 10.1. The van der Waals surface area contributed by atoms with Crippen LogP contribution in [0.1, 0.15) is 105 Å². The van der Waals surface area contributed by atoms with Crippen LogP contribution in [0.4, 0.5) is 8.78 Å². The van der Waals surface area contributed by atoms with Crippen LogP contribution in [0.2, 0.25) is 0 Å². The van der Waals surface area contributed by atoms with Crippen molar-refractivity contribution in [3.8, 4) is 11.1 Å². The number of nitrogens with one attached hydrogen (secondary N) is 1. The average Bonchev–Trinajstić information content (AvgIpc) is 3.52. The number of ketones is 1. The van der Waals surface area contributed by atoms with Crippen molar-refractivity contribution >= 4 is 29.5 Å². The van der Waals surface area contributed by atoms with Gasteiger partial charge in [-0.1, -0.05) is 51.1 Å². The van der Waals surface area contributed by atoms with Gasteiger partial charge in [0.05, 0.1) is 12.1 Å². The minimum atomic E-state index is -2.23. The van der Waals surface area contributed by atoms with E-state index in [1.54, 1.807) is 53.8 Å². The predicted octanol–water partition coefficient (Wildman–Crippen LogP) is 5.77. The Labute approximate surface area is 345 Å². The van der Waals surface area contributed by atoms with E-state index in [9.17, 15) is 43.7 Å². The Bertz CT molecular complexity index is 1950. The van der Waals surface area contributed by atoms with Crippen LogP contribution in [0.5, 0.6) is 0 Å². The number of aromatic nitrogens is 1. The number of aliphatic hydroxyl groups excluding tert-OH is 1. The number of carbonyl (C=O) groups excluding carboxylic acids is 3. The lowest BCUT2D eigenvalue weighted by atomic mass is 9.78. The highest BCUT2D eigenvalue weighted by Crippen LogP contribution is 2.42. The molecule has 0 saturated heterocycles. The molecule has 59 heavy (non-hydrogen) atoms. The summed E-state index contributed by atoms with van der Waals surface area (Å²) < 4.78 is 31.3. The molecule has 0 saturated carbocycles. The van der Waals surface area contributed by atoms with Crippen LogP contribution in [0, 0.1) is 17.0 Å². The second-order valence-electron chi connectivity index (χ2n) is 18.0. The number of rotatable bonds is 19. The van der Waals surface area contributed by atoms with E-state index in [1.807, 2.05) is 55.7 Å². The van der Waals surface area contributed by atoms with E-state index >= 15 is 4.39 Å². The standard InChI is InChI=1S/C44H61F2N5O8/c1-41(2,3)38(34-23-29(31-24-30(45)15-16-32(31)46)26-49(34)25-28-13-11-10-12-14-28)50(36(54)27-52)22-19-33(47)39(57)48-21-18-35(53)44(40(58)59,20-17-37(55)56)51(42(4,5)6)43(7,8)9/h10-16,23-24,26,33,38,52H,17-22,25,27,47H2,1-9H3,(H,48,57)(H,55,56)(H,58,59)/t33-,38-,44?/m0/s1. The Kier molecular flexibility index (Phi) is 15.9. The Hall–Kier alpha value is -4.99. The maximum absolute atomic E-state index is 15.1. The number of aliphatic hydroxyl groups is 1. The fourth-order valence-corrected chi connectivity index (χ4v) is 8.28. The van der Waals surface area contributed by atoms with Crippen molar-refractivity contribution < 1.29 is 48.1 Å². The van der Waals surface area contributed by atoms with E-state index in [0.717, 1.165) is 23.8 Å². The third-order valence-corrected chi connectivity index (χ3v) is 10.1. The minimum Gasteiger partial charge on any atom is -0.481 e. The van der Waals surface area contributed by atoms with Crippen LogP contribution in [0.25, 0.3) is 11.1 Å². The summed E-state index contributed by atoms with van der Waals surface area (Å²) in [5.74, 6) is -6.17. The highest BCUT2D eigenvalue weighted by molar-refractivity contribution is 6.08. The maximum atomic E-state index is 15.1. The summed E-state index contributed by atoms with van der Waals surface area (Å²) in [5.41, 5.74) is 3.47. The first-order valence-corrected chi connectivity index (χ1v) is 19.7. The monoisotopic (exact) mass is 825 g/mol. The van der Waals surface area contributed by atoms with E-state index in [-0.39, 0.29) is 25.1 Å². The van der Waals surface area contributed by atoms with E-state index in [0.29, 0.717) is 17.8 Å². The van der Waals surface area contributed by atoms with Crippen LogP contribution >= 0.6 is 0 Å². The molecule has 3 aromatic rings. The Morgan fingerprint density at radius 2 is 1.47 bits per heavy atom. The number of nitrogens with zero attached hydrogens (tertiary/aromatic N) is 3. The number of halogens is 2. The molecule has 1 heterocycles. The molecule has 0 spiro atoms. The maximum Gasteiger partial charge on any atom is 0.331 e. The van der Waals surface area contributed by atoms with Gasteiger partial charge in [0.15, 0.2) is 11.3 Å². The van der Waals surface area contributed by atoms with E-state index in [1.165, 1.54) is 9.80 Å². The first-order chi connectivity index (χ1) is 27.2. The normalized spacial score (nSPS) is 14.3. The highest BCUT2D eigenvalue weighted by Gasteiger charge is 2.57. The average molecular weight is 826 g/mol. The Morgan fingerprint density at radius 3 is 2.00 bits per heavy atom. The van der Waals surface area contributed by atoms with Crippen LogP contribution in [-0.2, 0) is 30.5 Å². The van der Waals surface area contributed by atoms with Gasteiger partial charge in [0, 0.05) is 66.6 Å². The molecule has 1 unspecified atom stereocenters. The number of hydrogen-bond acceptors (Lipinski definition) is 8. The Morgan fingerprint density at radius 1 is 0.864 bits per heavy atom. The van der Waals surface area contributed by atoms with E-state index in [2.05, 4.69) is 5.32 Å². The second-order valence-corrected chi connectivity index (χ2v) is 18.0. The molecule has 0 bridgehead atoms. The number of hydrogen-bond donors (Lipinski definition) is 5. The van der Waals surface area contributed by atoms with Gasteiger partial charge in [-0.2, -0.15) is 0 Å². The molecule has 324 valence electrons. The topological polar surface area (TPSA) is 196 Å². The largest absolute Gasteiger partial charge is 0.481 e. The van der Waals surface area contributed by atoms with Gasteiger partial charge in [-0.05, 0) is 89.6 Å². The van der Waals surface area contributed by atoms with Crippen molar-refractivity contribution in [3.05, 3.63) is 83.7 Å². The summed E-state index contributed by atoms with van der Waals surface area (Å²) in [7, 11) is 0. The van der Waals surface area contributed by atoms with Crippen molar-refractivity contribution in [1.82, 2.24) is 19.7 Å². The smallest absolute Gasteiger partial charge is 0.331 e. The molecule has 0 fully saturated rings. The lowest BCUT2D eigenvalue weighted by molar-refractivity contribution is -0.172. The molecule has 2 amide bonds. The SMILES string of the molecule is CC(C)(C)[C@H](c1cc(-c2cc(F)ccc2F)cn1Cc1ccccc1)N(CC[C@H](N)C(=O)NCCC(=O)C(CCC(=O)O)(C(=O)O)N(C(C)(C)C)C(C)(C)C)C(=O)CO. The van der Waals surface area contributed by atoms with Crippen molar-refractivity contribution in [2.75, 3.05) is 19.7 Å². The number of carboxylic acids is 2. The summed E-state index contributed by atoms with van der Waals surface area (Å²) in [6.45, 7) is 15.1. The number of aliphatic carboxylic acids is 2. The van der Waals surface area contributed by atoms with Gasteiger partial charge >= 0.3 is 11.9 Å². The lowest BCUT2D eigenvalue weighted by Gasteiger charge is -2.54. The highest BCUT2D eigenvalue weighted by atomic mass is 19.1. The number of Topliss-reactive ketones (excluding diaryl/α,β-unsaturated/α-hetero) is 1. The summed E-state index contributed by atoms with van der Waals surface area (Å²) >= 11 is 0. The fourth-order valence-electron chi connectivity index (χ4n) is 8.28. The van der Waals surface area contributed by atoms with Gasteiger partial charge in [-0.25, -0.2) is 13.6 Å². The van der Waals surface area contributed by atoms with Crippen LogP contribution in [-0.4, -0.2) is 102 Å². The summed E-state index contributed by atoms with van der Waals surface area (Å²) in [4.78, 5) is 68.6. The van der Waals surface area contributed by atoms with Crippen molar-refractivity contribution in [2.45, 2.75) is 123 Å². The zero-order valence-corrected chi connectivity index (χ0v) is 35.6. The summed E-state index contributed by atoms with van der Waals surface area (Å²) in [5, 5.41) is 32.9. The zero-order chi connectivity index (χ0) is 44.7. The van der Waals surface area contributed by atoms with Crippen LogP contribution in [0.3, 0.4) is 0 Å². The molecular formula is C44H61F2N5O8. The molecule has 13 nitrogen and oxygen atoms in total. The fraction of sp³-hybridized carbons (Fsp3) is 0.523. The van der Waals surface area contributed by atoms with Crippen molar-refractivity contribution in [3.63, 3.8) is 0 Å². The molecule has 6 N–H and O–H groups in total. The van der Waals surface area contributed by atoms with Crippen LogP contribution in [0.15, 0.2) is 60.8 Å². The second kappa shape index (κ2) is 19.4. The molecule has 0 aliphatic carbocycles. The summed E-state index contributed by atoms with van der Waals surface area (Å²) in [6, 6.07) is 12.3. The van der Waals surface area contributed by atoms with Gasteiger partial charge in [-0.3, -0.25) is 24.1 Å². The molecule has 15 heteroatoms. The zero-order valence-electron chi connectivity index (χ0n) is 35.6. The molecule has 3 atom stereocenters. The van der Waals surface area contributed by atoms with Gasteiger partial charge in [0.1, 0.15) is 18.2 Å². The number of amides is 2. The van der Waals surface area contributed by atoms with Crippen molar-refractivity contribution in [1.29, 1.82) is 0 Å². The lowest BCUT2D eigenvalue weighted by Crippen LogP contribution is -2.71. The number of carbonyl (C=O) groups is 5. The van der Waals surface area contributed by atoms with E-state index in [4.69, 9.17) is 5.73 Å². The number of benzene rings is 2.